The van der Waals surface area contributed by atoms with E-state index in [1.807, 2.05) is 0 Å². The summed E-state index contributed by atoms with van der Waals surface area (Å²) in [5.74, 6) is 2.30. The lowest BCUT2D eigenvalue weighted by Crippen LogP contribution is -2.30. The van der Waals surface area contributed by atoms with Crippen molar-refractivity contribution < 1.29 is 4.21 Å². The molecular weight excluding hydrogens is 254 g/mol. The van der Waals surface area contributed by atoms with E-state index in [0.29, 0.717) is 11.8 Å². The molecule has 0 heterocycles. The van der Waals surface area contributed by atoms with E-state index in [0.717, 1.165) is 17.4 Å². The predicted octanol–water partition coefficient (Wildman–Crippen LogP) is 3.80. The van der Waals surface area contributed by atoms with Crippen LogP contribution in [-0.2, 0) is 16.6 Å². The Hall–Kier alpha value is -0.830. The molecule has 1 N–H and O–H groups in total. The summed E-state index contributed by atoms with van der Waals surface area (Å²) in [6, 6.07) is 8.96. The number of benzene rings is 1. The van der Waals surface area contributed by atoms with Gasteiger partial charge in [-0.15, -0.1) is 0 Å². The fourth-order valence-electron chi connectivity index (χ4n) is 2.90. The van der Waals surface area contributed by atoms with Crippen LogP contribution >= 0.6 is 0 Å². The Bertz CT molecular complexity index is 446. The zero-order valence-corrected chi connectivity index (χ0v) is 13.0. The smallest absolute Gasteiger partial charge is 0.0483 e. The number of rotatable bonds is 4. The number of anilines is 1. The normalized spacial score (nSPS) is 28.9. The lowest BCUT2D eigenvalue weighted by molar-refractivity contribution is 0.261. The second-order valence-corrected chi connectivity index (χ2v) is 7.46. The Balaban J connectivity index is 1.97. The zero-order chi connectivity index (χ0) is 13.8. The summed E-state index contributed by atoms with van der Waals surface area (Å²) in [5, 5.41) is 3.65. The number of hydrogen-bond donors (Lipinski definition) is 1. The predicted molar refractivity (Wildman–Crippen MR) is 83.8 cm³/mol. The van der Waals surface area contributed by atoms with E-state index >= 15 is 0 Å². The molecule has 4 atom stereocenters. The molecule has 2 rings (SSSR count). The summed E-state index contributed by atoms with van der Waals surface area (Å²) in [5.41, 5.74) is 2.33. The maximum absolute atomic E-state index is 11.3. The van der Waals surface area contributed by atoms with Crippen molar-refractivity contribution in [1.29, 1.82) is 0 Å². The molecule has 0 aromatic heterocycles. The second-order valence-electron chi connectivity index (χ2n) is 6.03. The maximum atomic E-state index is 11.3. The Kier molecular flexibility index (Phi) is 5.03. The van der Waals surface area contributed by atoms with Gasteiger partial charge in [-0.1, -0.05) is 26.0 Å². The topological polar surface area (TPSA) is 29.1 Å². The third kappa shape index (κ3) is 4.34. The van der Waals surface area contributed by atoms with E-state index < -0.39 is 10.8 Å². The van der Waals surface area contributed by atoms with Crippen molar-refractivity contribution in [3.8, 4) is 0 Å². The first-order valence-electron chi connectivity index (χ1n) is 7.20. The van der Waals surface area contributed by atoms with Gasteiger partial charge in [0.15, 0.2) is 0 Å². The molecule has 1 aliphatic carbocycles. The first-order valence-corrected chi connectivity index (χ1v) is 8.93. The summed E-state index contributed by atoms with van der Waals surface area (Å²) in [4.78, 5) is 0. The van der Waals surface area contributed by atoms with Crippen molar-refractivity contribution in [3.63, 3.8) is 0 Å². The molecule has 1 aromatic rings. The fraction of sp³-hybridized carbons (Fsp3) is 0.625. The highest BCUT2D eigenvalue weighted by Gasteiger charge is 2.24. The summed E-state index contributed by atoms with van der Waals surface area (Å²) in [7, 11) is -0.770. The summed E-state index contributed by atoms with van der Waals surface area (Å²) in [6.45, 7) is 4.72. The van der Waals surface area contributed by atoms with Crippen molar-refractivity contribution in [2.24, 2.45) is 11.8 Å². The molecule has 0 aliphatic heterocycles. The van der Waals surface area contributed by atoms with Gasteiger partial charge in [-0.3, -0.25) is 4.21 Å². The van der Waals surface area contributed by atoms with Gasteiger partial charge in [0.05, 0.1) is 0 Å². The van der Waals surface area contributed by atoms with Crippen LogP contribution in [0, 0.1) is 11.8 Å². The number of hydrogen-bond acceptors (Lipinski definition) is 2. The van der Waals surface area contributed by atoms with E-state index in [-0.39, 0.29) is 0 Å². The molecule has 1 aromatic carbocycles. The van der Waals surface area contributed by atoms with E-state index in [2.05, 4.69) is 43.4 Å². The van der Waals surface area contributed by atoms with Crippen LogP contribution in [-0.4, -0.2) is 16.5 Å². The van der Waals surface area contributed by atoms with Crippen molar-refractivity contribution in [2.45, 2.75) is 44.9 Å². The van der Waals surface area contributed by atoms with Crippen LogP contribution in [0.25, 0.3) is 0 Å². The minimum atomic E-state index is -0.770. The molecule has 106 valence electrons. The molecule has 1 saturated carbocycles. The van der Waals surface area contributed by atoms with Crippen molar-refractivity contribution in [1.82, 2.24) is 0 Å². The van der Waals surface area contributed by atoms with Crippen molar-refractivity contribution >= 4 is 16.5 Å². The Morgan fingerprint density at radius 1 is 1.26 bits per heavy atom. The van der Waals surface area contributed by atoms with Gasteiger partial charge in [0, 0.05) is 34.5 Å². The van der Waals surface area contributed by atoms with Crippen LogP contribution < -0.4 is 5.32 Å². The largest absolute Gasteiger partial charge is 0.382 e. The van der Waals surface area contributed by atoms with Crippen LogP contribution in [0.2, 0.25) is 0 Å². The van der Waals surface area contributed by atoms with E-state index in [1.165, 1.54) is 24.9 Å². The second kappa shape index (κ2) is 6.56. The Morgan fingerprint density at radius 3 is 2.74 bits per heavy atom. The molecule has 0 radical (unpaired) electrons. The van der Waals surface area contributed by atoms with Crippen LogP contribution in [0.5, 0.6) is 0 Å². The Labute approximate surface area is 119 Å². The van der Waals surface area contributed by atoms with Gasteiger partial charge in [-0.2, -0.15) is 0 Å². The van der Waals surface area contributed by atoms with E-state index in [4.69, 9.17) is 0 Å². The molecule has 0 unspecified atom stereocenters. The highest BCUT2D eigenvalue weighted by Crippen LogP contribution is 2.31. The van der Waals surface area contributed by atoms with Gasteiger partial charge in [0.25, 0.3) is 0 Å². The third-order valence-electron chi connectivity index (χ3n) is 4.27. The quantitative estimate of drug-likeness (QED) is 0.908. The van der Waals surface area contributed by atoms with Crippen LogP contribution in [0.3, 0.4) is 0 Å². The SMILES string of the molecule is C[C@@H]1CC[C@H](Nc2cccc(C[S@@](C)=O)c2)C[C@H]1C. The average molecular weight is 279 g/mol. The van der Waals surface area contributed by atoms with Crippen LogP contribution in [0.15, 0.2) is 24.3 Å². The highest BCUT2D eigenvalue weighted by atomic mass is 32.2. The van der Waals surface area contributed by atoms with Crippen LogP contribution in [0.4, 0.5) is 5.69 Å². The lowest BCUT2D eigenvalue weighted by Gasteiger charge is -2.33. The maximum Gasteiger partial charge on any atom is 0.0483 e. The number of nitrogens with one attached hydrogen (secondary N) is 1. The summed E-state index contributed by atoms with van der Waals surface area (Å²) >= 11 is 0. The third-order valence-corrected chi connectivity index (χ3v) is 5.01. The molecule has 0 spiro atoms. The summed E-state index contributed by atoms with van der Waals surface area (Å²) < 4.78 is 11.3. The molecule has 19 heavy (non-hydrogen) atoms. The average Bonchev–Trinajstić information content (AvgIpc) is 2.33. The Morgan fingerprint density at radius 2 is 2.05 bits per heavy atom. The first kappa shape index (κ1) is 14.6. The van der Waals surface area contributed by atoms with Crippen molar-refractivity contribution in [2.75, 3.05) is 11.6 Å². The molecule has 0 saturated heterocycles. The zero-order valence-electron chi connectivity index (χ0n) is 12.2. The first-order chi connectivity index (χ1) is 9.04. The summed E-state index contributed by atoms with van der Waals surface area (Å²) in [6.07, 6.45) is 5.59. The molecule has 1 aliphatic rings. The molecular formula is C16H25NOS. The van der Waals surface area contributed by atoms with Gasteiger partial charge >= 0.3 is 0 Å². The highest BCUT2D eigenvalue weighted by molar-refractivity contribution is 7.83. The van der Waals surface area contributed by atoms with E-state index in [9.17, 15) is 4.21 Å². The fourth-order valence-corrected chi connectivity index (χ4v) is 3.55. The molecule has 0 amide bonds. The van der Waals surface area contributed by atoms with Crippen LogP contribution in [0.1, 0.15) is 38.7 Å². The van der Waals surface area contributed by atoms with Crippen molar-refractivity contribution in [3.05, 3.63) is 29.8 Å². The molecule has 3 heteroatoms. The minimum Gasteiger partial charge on any atom is -0.382 e. The van der Waals surface area contributed by atoms with Gasteiger partial charge < -0.3 is 5.32 Å². The monoisotopic (exact) mass is 279 g/mol. The standard InChI is InChI=1S/C16H25NOS/c1-12-7-8-16(9-13(12)2)17-15-6-4-5-14(10-15)11-19(3)18/h4-6,10,12-13,16-17H,7-9,11H2,1-3H3/t12-,13-,16+,19-/m1/s1. The minimum absolute atomic E-state index is 0.591. The van der Waals surface area contributed by atoms with Gasteiger partial charge in [-0.25, -0.2) is 0 Å². The molecule has 0 bridgehead atoms. The molecule has 2 nitrogen and oxygen atoms in total. The van der Waals surface area contributed by atoms with Gasteiger partial charge in [0.2, 0.25) is 0 Å². The van der Waals surface area contributed by atoms with E-state index in [1.54, 1.807) is 6.26 Å². The van der Waals surface area contributed by atoms with Gasteiger partial charge in [-0.05, 0) is 48.8 Å². The lowest BCUT2D eigenvalue weighted by atomic mass is 9.79. The van der Waals surface area contributed by atoms with Gasteiger partial charge in [0.1, 0.15) is 0 Å². The molecule has 1 fully saturated rings.